The molecule has 0 aliphatic heterocycles. The third-order valence-corrected chi connectivity index (χ3v) is 6.78. The Morgan fingerprint density at radius 2 is 1.54 bits per heavy atom. The highest BCUT2D eigenvalue weighted by Gasteiger charge is 2.27. The van der Waals surface area contributed by atoms with Gasteiger partial charge in [0.1, 0.15) is 18.0 Å². The predicted molar refractivity (Wildman–Crippen MR) is 140 cm³/mol. The van der Waals surface area contributed by atoms with Gasteiger partial charge in [0, 0.05) is 0 Å². The molecule has 0 spiro atoms. The highest BCUT2D eigenvalue weighted by Crippen LogP contribution is 2.26. The summed E-state index contributed by atoms with van der Waals surface area (Å²) in [5, 5.41) is 3.92. The molecule has 0 radical (unpaired) electrons. The van der Waals surface area contributed by atoms with Gasteiger partial charge in [-0.15, -0.1) is 0 Å². The molecule has 2 amide bonds. The van der Waals surface area contributed by atoms with Crippen molar-refractivity contribution in [2.24, 2.45) is 10.8 Å². The largest absolute Gasteiger partial charge is 0.494 e. The number of amides is 2. The van der Waals surface area contributed by atoms with Crippen LogP contribution in [0, 0.1) is 6.92 Å². The highest BCUT2D eigenvalue weighted by molar-refractivity contribution is 7.92. The lowest BCUT2D eigenvalue weighted by molar-refractivity contribution is -0.120. The fourth-order valence-electron chi connectivity index (χ4n) is 3.18. The number of rotatable bonds is 12. The average molecular weight is 525 g/mol. The number of hydrogen-bond acceptors (Lipinski definition) is 7. The van der Waals surface area contributed by atoms with E-state index in [1.54, 1.807) is 60.7 Å². The Bertz CT molecular complexity index is 1340. The van der Waals surface area contributed by atoms with Gasteiger partial charge in [-0.1, -0.05) is 17.7 Å². The second kappa shape index (κ2) is 12.5. The number of ether oxygens (including phenoxy) is 2. The number of hydrogen-bond donors (Lipinski definition) is 2. The molecule has 0 aliphatic carbocycles. The van der Waals surface area contributed by atoms with Gasteiger partial charge >= 0.3 is 0 Å². The lowest BCUT2D eigenvalue weighted by Gasteiger charge is -2.24. The van der Waals surface area contributed by atoms with Crippen molar-refractivity contribution in [2.75, 3.05) is 24.1 Å². The van der Waals surface area contributed by atoms with Crippen molar-refractivity contribution in [1.29, 1.82) is 0 Å². The average Bonchev–Trinajstić information content (AvgIpc) is 2.88. The Hall–Kier alpha value is -4.38. The molecule has 3 N–H and O–H groups in total. The Morgan fingerprint density at radius 1 is 0.946 bits per heavy atom. The number of primary amides is 1. The van der Waals surface area contributed by atoms with Crippen LogP contribution in [0.1, 0.15) is 18.1 Å². The van der Waals surface area contributed by atoms with E-state index in [9.17, 15) is 18.0 Å². The van der Waals surface area contributed by atoms with E-state index in [0.29, 0.717) is 29.4 Å². The minimum absolute atomic E-state index is 0.0573. The van der Waals surface area contributed by atoms with Crippen LogP contribution >= 0.6 is 0 Å². The fraction of sp³-hybridized carbons (Fsp3) is 0.192. The Morgan fingerprint density at radius 3 is 2.14 bits per heavy atom. The molecule has 0 aromatic heterocycles. The molecule has 11 heteroatoms. The van der Waals surface area contributed by atoms with Gasteiger partial charge in [0.2, 0.25) is 0 Å². The van der Waals surface area contributed by atoms with Crippen molar-refractivity contribution < 1.29 is 27.5 Å². The van der Waals surface area contributed by atoms with E-state index in [2.05, 4.69) is 10.5 Å². The maximum absolute atomic E-state index is 13.4. The maximum atomic E-state index is 13.4. The Balaban J connectivity index is 1.75. The van der Waals surface area contributed by atoms with Gasteiger partial charge in [-0.25, -0.2) is 13.8 Å². The number of sulfonamides is 1. The lowest BCUT2D eigenvalue weighted by Crippen LogP contribution is -2.39. The van der Waals surface area contributed by atoms with Gasteiger partial charge in [-0.3, -0.25) is 13.9 Å². The third-order valence-electron chi connectivity index (χ3n) is 5.00. The molecule has 0 fully saturated rings. The summed E-state index contributed by atoms with van der Waals surface area (Å²) in [6.07, 6.45) is 1.39. The Labute approximate surface area is 215 Å². The molecule has 3 aromatic rings. The number of nitrogens with two attached hydrogens (primary N) is 1. The second-order valence-electron chi connectivity index (χ2n) is 7.87. The van der Waals surface area contributed by atoms with Crippen molar-refractivity contribution in [2.45, 2.75) is 18.7 Å². The number of benzene rings is 3. The molecule has 0 atom stereocenters. The Kier molecular flexibility index (Phi) is 9.22. The predicted octanol–water partition coefficient (Wildman–Crippen LogP) is 2.60. The zero-order valence-corrected chi connectivity index (χ0v) is 21.3. The third kappa shape index (κ3) is 7.80. The minimum atomic E-state index is -4.05. The van der Waals surface area contributed by atoms with Crippen molar-refractivity contribution in [3.05, 3.63) is 83.9 Å². The van der Waals surface area contributed by atoms with Crippen LogP contribution < -0.4 is 24.9 Å². The van der Waals surface area contributed by atoms with E-state index < -0.39 is 28.4 Å². The molecule has 3 aromatic carbocycles. The van der Waals surface area contributed by atoms with Gasteiger partial charge in [-0.2, -0.15) is 5.10 Å². The smallest absolute Gasteiger partial charge is 0.264 e. The fourth-order valence-corrected chi connectivity index (χ4v) is 4.60. The summed E-state index contributed by atoms with van der Waals surface area (Å²) in [5.41, 5.74) is 9.26. The van der Waals surface area contributed by atoms with Crippen molar-refractivity contribution in [3.63, 3.8) is 0 Å². The van der Waals surface area contributed by atoms with Crippen molar-refractivity contribution >= 4 is 33.7 Å². The van der Waals surface area contributed by atoms with Crippen LogP contribution in [0.25, 0.3) is 0 Å². The summed E-state index contributed by atoms with van der Waals surface area (Å²) in [7, 11) is -4.05. The van der Waals surface area contributed by atoms with Gasteiger partial charge in [0.15, 0.2) is 6.61 Å². The number of aryl methyl sites for hydroxylation is 1. The van der Waals surface area contributed by atoms with Crippen LogP contribution in [0.2, 0.25) is 0 Å². The first-order valence-corrected chi connectivity index (χ1v) is 12.8. The zero-order chi connectivity index (χ0) is 26.8. The van der Waals surface area contributed by atoms with E-state index in [1.807, 2.05) is 13.8 Å². The molecule has 0 bridgehead atoms. The molecule has 37 heavy (non-hydrogen) atoms. The number of nitrogens with zero attached hydrogens (tertiary/aromatic N) is 2. The summed E-state index contributed by atoms with van der Waals surface area (Å²) in [6.45, 7) is 3.43. The molecule has 10 nitrogen and oxygen atoms in total. The molecule has 0 saturated heterocycles. The van der Waals surface area contributed by atoms with Gasteiger partial charge in [-0.05, 0) is 80.1 Å². The van der Waals surface area contributed by atoms with Gasteiger partial charge in [0.05, 0.1) is 23.4 Å². The monoisotopic (exact) mass is 524 g/mol. The molecular formula is C26H28N4O6S. The minimum Gasteiger partial charge on any atom is -0.494 e. The zero-order valence-electron chi connectivity index (χ0n) is 20.5. The quantitative estimate of drug-likeness (QED) is 0.276. The molecule has 0 aliphatic rings. The highest BCUT2D eigenvalue weighted by atomic mass is 32.2. The lowest BCUT2D eigenvalue weighted by atomic mass is 10.2. The molecule has 3 rings (SSSR count). The van der Waals surface area contributed by atoms with Crippen LogP contribution in [0.15, 0.2) is 82.8 Å². The van der Waals surface area contributed by atoms with Gasteiger partial charge < -0.3 is 15.2 Å². The summed E-state index contributed by atoms with van der Waals surface area (Å²) in [6, 6.07) is 19.4. The van der Waals surface area contributed by atoms with Crippen LogP contribution in [0.3, 0.4) is 0 Å². The number of hydrazone groups is 1. The van der Waals surface area contributed by atoms with Crippen molar-refractivity contribution in [1.82, 2.24) is 5.43 Å². The first kappa shape index (κ1) is 27.2. The second-order valence-corrected chi connectivity index (χ2v) is 9.73. The molecule has 0 saturated carbocycles. The summed E-state index contributed by atoms with van der Waals surface area (Å²) in [5.74, 6) is -0.189. The van der Waals surface area contributed by atoms with E-state index in [-0.39, 0.29) is 11.5 Å². The topological polar surface area (TPSA) is 140 Å². The molecule has 0 heterocycles. The summed E-state index contributed by atoms with van der Waals surface area (Å²) in [4.78, 5) is 23.6. The van der Waals surface area contributed by atoms with Crippen LogP contribution in [0.4, 0.5) is 5.69 Å². The first-order chi connectivity index (χ1) is 17.7. The normalized spacial score (nSPS) is 11.2. The summed E-state index contributed by atoms with van der Waals surface area (Å²) >= 11 is 0. The van der Waals surface area contributed by atoms with E-state index in [0.717, 1.165) is 9.87 Å². The van der Waals surface area contributed by atoms with E-state index >= 15 is 0 Å². The summed E-state index contributed by atoms with van der Waals surface area (Å²) < 4.78 is 38.5. The number of carbonyl (C=O) groups excluding carboxylic acids is 2. The molecule has 194 valence electrons. The molecular weight excluding hydrogens is 496 g/mol. The SMILES string of the molecule is CCOc1ccc(N(CC(=O)N/N=C\c2ccc(OCC(N)=O)cc2)S(=O)(=O)c2ccc(C)cc2)cc1. The first-order valence-electron chi connectivity index (χ1n) is 11.3. The van der Waals surface area contributed by atoms with Crippen molar-refractivity contribution in [3.8, 4) is 11.5 Å². The molecule has 0 unspecified atom stereocenters. The maximum Gasteiger partial charge on any atom is 0.264 e. The standard InChI is InChI=1S/C26H28N4O6S/c1-3-35-22-12-8-21(9-13-22)30(37(33,34)24-14-4-19(2)5-15-24)17-26(32)29-28-16-20-6-10-23(11-7-20)36-18-25(27)31/h4-16H,3,17-18H2,1-2H3,(H2,27,31)(H,29,32)/b28-16-. The number of carbonyl (C=O) groups is 2. The van der Waals surface area contributed by atoms with E-state index in [1.165, 1.54) is 18.3 Å². The number of anilines is 1. The van der Waals surface area contributed by atoms with Crippen LogP contribution in [0.5, 0.6) is 11.5 Å². The number of nitrogens with one attached hydrogen (secondary N) is 1. The van der Waals surface area contributed by atoms with Crippen LogP contribution in [-0.4, -0.2) is 46.2 Å². The van der Waals surface area contributed by atoms with Gasteiger partial charge in [0.25, 0.3) is 21.8 Å². The van der Waals surface area contributed by atoms with E-state index in [4.69, 9.17) is 15.2 Å². The van der Waals surface area contributed by atoms with Crippen LogP contribution in [-0.2, 0) is 19.6 Å².